The molecule has 0 radical (unpaired) electrons. The smallest absolute Gasteiger partial charge is 0.291 e. The highest BCUT2D eigenvalue weighted by Gasteiger charge is 2.15. The summed E-state index contributed by atoms with van der Waals surface area (Å²) in [4.78, 5) is 12.5. The summed E-state index contributed by atoms with van der Waals surface area (Å²) in [6, 6.07) is 12.6. The normalized spacial score (nSPS) is 11.0. The van der Waals surface area contributed by atoms with E-state index in [0.717, 1.165) is 22.4 Å². The summed E-state index contributed by atoms with van der Waals surface area (Å²) in [6.07, 6.45) is 0. The SMILES string of the molecule is Cc1cc(OCc2ccc(C(=O)Nc3cc(Cl)ccc3C)o2)c(C(C)C)cc1Cl. The van der Waals surface area contributed by atoms with Gasteiger partial charge in [-0.3, -0.25) is 4.79 Å². The maximum atomic E-state index is 12.5. The van der Waals surface area contributed by atoms with E-state index < -0.39 is 0 Å². The van der Waals surface area contributed by atoms with Gasteiger partial charge in [0.25, 0.3) is 5.91 Å². The largest absolute Gasteiger partial charge is 0.485 e. The summed E-state index contributed by atoms with van der Waals surface area (Å²) >= 11 is 12.3. The van der Waals surface area contributed by atoms with Crippen molar-refractivity contribution in [1.29, 1.82) is 0 Å². The summed E-state index contributed by atoms with van der Waals surface area (Å²) in [5.74, 6) is 1.45. The summed E-state index contributed by atoms with van der Waals surface area (Å²) in [6.45, 7) is 8.21. The zero-order valence-corrected chi connectivity index (χ0v) is 18.3. The van der Waals surface area contributed by atoms with E-state index in [0.29, 0.717) is 21.5 Å². The maximum Gasteiger partial charge on any atom is 0.291 e. The van der Waals surface area contributed by atoms with Crippen molar-refractivity contribution in [3.8, 4) is 5.75 Å². The van der Waals surface area contributed by atoms with Gasteiger partial charge in [0.1, 0.15) is 18.1 Å². The van der Waals surface area contributed by atoms with Crippen molar-refractivity contribution >= 4 is 34.8 Å². The van der Waals surface area contributed by atoms with Crippen LogP contribution in [0.5, 0.6) is 5.75 Å². The minimum atomic E-state index is -0.341. The standard InChI is InChI=1S/C23H23Cl2NO3/c1-13(2)18-11-19(25)15(4)9-22(18)28-12-17-7-8-21(29-17)23(27)26-20-10-16(24)6-5-14(20)3/h5-11,13H,12H2,1-4H3,(H,26,27). The van der Waals surface area contributed by atoms with Crippen LogP contribution < -0.4 is 10.1 Å². The van der Waals surface area contributed by atoms with Gasteiger partial charge in [0.05, 0.1) is 0 Å². The van der Waals surface area contributed by atoms with E-state index in [9.17, 15) is 4.79 Å². The van der Waals surface area contributed by atoms with Crippen molar-refractivity contribution in [3.05, 3.63) is 80.7 Å². The number of carbonyl (C=O) groups excluding carboxylic acids is 1. The predicted octanol–water partition coefficient (Wildman–Crippen LogP) is 7.16. The zero-order chi connectivity index (χ0) is 21.1. The Morgan fingerprint density at radius 1 is 1.07 bits per heavy atom. The molecular formula is C23H23Cl2NO3. The average Bonchev–Trinajstić information content (AvgIpc) is 3.14. The van der Waals surface area contributed by atoms with E-state index in [1.165, 1.54) is 0 Å². The molecule has 0 saturated carbocycles. The Bertz CT molecular complexity index is 1040. The van der Waals surface area contributed by atoms with Gasteiger partial charge in [-0.2, -0.15) is 0 Å². The zero-order valence-electron chi connectivity index (χ0n) is 16.8. The fourth-order valence-electron chi connectivity index (χ4n) is 2.89. The number of amides is 1. The number of ether oxygens (including phenoxy) is 1. The number of aryl methyl sites for hydroxylation is 2. The molecule has 1 amide bonds. The number of carbonyl (C=O) groups is 1. The molecule has 3 aromatic rings. The summed E-state index contributed by atoms with van der Waals surface area (Å²) in [7, 11) is 0. The van der Waals surface area contributed by atoms with Crippen LogP contribution in [0.4, 0.5) is 5.69 Å². The van der Waals surface area contributed by atoms with Gasteiger partial charge in [-0.05, 0) is 72.9 Å². The molecule has 0 aliphatic carbocycles. The van der Waals surface area contributed by atoms with Gasteiger partial charge in [0, 0.05) is 15.7 Å². The minimum Gasteiger partial charge on any atom is -0.485 e. The number of benzene rings is 2. The molecule has 0 unspecified atom stereocenters. The summed E-state index contributed by atoms with van der Waals surface area (Å²) < 4.78 is 11.6. The van der Waals surface area contributed by atoms with Crippen LogP contribution in [0.1, 0.15) is 52.8 Å². The second-order valence-corrected chi connectivity index (χ2v) is 8.11. The molecule has 4 nitrogen and oxygen atoms in total. The van der Waals surface area contributed by atoms with Crippen LogP contribution in [0.15, 0.2) is 46.9 Å². The molecule has 0 aliphatic rings. The number of nitrogens with one attached hydrogen (secondary N) is 1. The monoisotopic (exact) mass is 431 g/mol. The Labute approximate surface area is 180 Å². The molecule has 0 bridgehead atoms. The third-order valence-corrected chi connectivity index (χ3v) is 5.26. The first-order valence-electron chi connectivity index (χ1n) is 9.33. The molecule has 0 aliphatic heterocycles. The first-order chi connectivity index (χ1) is 13.7. The second kappa shape index (κ2) is 8.93. The molecule has 6 heteroatoms. The van der Waals surface area contributed by atoms with Gasteiger partial charge in [-0.25, -0.2) is 0 Å². The molecule has 152 valence electrons. The Morgan fingerprint density at radius 3 is 2.55 bits per heavy atom. The number of rotatable bonds is 6. The van der Waals surface area contributed by atoms with Gasteiger partial charge >= 0.3 is 0 Å². The summed E-state index contributed by atoms with van der Waals surface area (Å²) in [5, 5.41) is 4.09. The molecule has 0 fully saturated rings. The van der Waals surface area contributed by atoms with Gasteiger partial charge < -0.3 is 14.5 Å². The van der Waals surface area contributed by atoms with Crippen LogP contribution in [-0.2, 0) is 6.61 Å². The lowest BCUT2D eigenvalue weighted by Crippen LogP contribution is -2.11. The lowest BCUT2D eigenvalue weighted by molar-refractivity contribution is 0.0992. The highest BCUT2D eigenvalue weighted by Crippen LogP contribution is 2.32. The van der Waals surface area contributed by atoms with Crippen LogP contribution >= 0.6 is 23.2 Å². The van der Waals surface area contributed by atoms with Crippen molar-refractivity contribution in [1.82, 2.24) is 0 Å². The highest BCUT2D eigenvalue weighted by atomic mass is 35.5. The molecule has 29 heavy (non-hydrogen) atoms. The molecule has 2 aromatic carbocycles. The van der Waals surface area contributed by atoms with Gasteiger partial charge in [-0.15, -0.1) is 0 Å². The molecular weight excluding hydrogens is 409 g/mol. The molecule has 1 aromatic heterocycles. The first-order valence-corrected chi connectivity index (χ1v) is 10.1. The number of halogens is 2. The van der Waals surface area contributed by atoms with E-state index in [1.807, 2.05) is 32.0 Å². The average molecular weight is 432 g/mol. The molecule has 0 atom stereocenters. The minimum absolute atomic E-state index is 0.208. The fraction of sp³-hybridized carbons (Fsp3) is 0.261. The Morgan fingerprint density at radius 2 is 1.83 bits per heavy atom. The van der Waals surface area contributed by atoms with E-state index in [-0.39, 0.29) is 24.2 Å². The van der Waals surface area contributed by atoms with Crippen LogP contribution in [0.25, 0.3) is 0 Å². The van der Waals surface area contributed by atoms with Gasteiger partial charge in [0.15, 0.2) is 5.76 Å². The Hall–Kier alpha value is -2.43. The second-order valence-electron chi connectivity index (χ2n) is 7.26. The lowest BCUT2D eigenvalue weighted by Gasteiger charge is -2.15. The number of anilines is 1. The molecule has 3 rings (SSSR count). The van der Waals surface area contributed by atoms with Crippen LogP contribution in [0.2, 0.25) is 10.0 Å². The third kappa shape index (κ3) is 5.14. The Balaban J connectivity index is 1.70. The van der Waals surface area contributed by atoms with Crippen molar-refractivity contribution in [3.63, 3.8) is 0 Å². The third-order valence-electron chi connectivity index (χ3n) is 4.62. The molecule has 1 N–H and O–H groups in total. The van der Waals surface area contributed by atoms with Gasteiger partial charge in [-0.1, -0.05) is 43.1 Å². The first kappa shape index (κ1) is 21.3. The van der Waals surface area contributed by atoms with E-state index >= 15 is 0 Å². The molecule has 0 spiro atoms. The molecule has 1 heterocycles. The van der Waals surface area contributed by atoms with Crippen LogP contribution in [-0.4, -0.2) is 5.91 Å². The number of furan rings is 1. The predicted molar refractivity (Wildman–Crippen MR) is 117 cm³/mol. The van der Waals surface area contributed by atoms with Crippen molar-refractivity contribution in [2.45, 2.75) is 40.2 Å². The Kier molecular flexibility index (Phi) is 6.56. The van der Waals surface area contributed by atoms with E-state index in [4.69, 9.17) is 32.4 Å². The van der Waals surface area contributed by atoms with E-state index in [2.05, 4.69) is 19.2 Å². The van der Waals surface area contributed by atoms with E-state index in [1.54, 1.807) is 24.3 Å². The maximum absolute atomic E-state index is 12.5. The van der Waals surface area contributed by atoms with Crippen LogP contribution in [0.3, 0.4) is 0 Å². The van der Waals surface area contributed by atoms with Gasteiger partial charge in [0.2, 0.25) is 0 Å². The number of hydrogen-bond donors (Lipinski definition) is 1. The van der Waals surface area contributed by atoms with Crippen LogP contribution in [0, 0.1) is 13.8 Å². The summed E-state index contributed by atoms with van der Waals surface area (Å²) in [5.41, 5.74) is 3.54. The molecule has 0 saturated heterocycles. The fourth-order valence-corrected chi connectivity index (χ4v) is 3.23. The topological polar surface area (TPSA) is 51.5 Å². The van der Waals surface area contributed by atoms with Crippen molar-refractivity contribution < 1.29 is 13.9 Å². The van der Waals surface area contributed by atoms with Crippen molar-refractivity contribution in [2.24, 2.45) is 0 Å². The number of hydrogen-bond acceptors (Lipinski definition) is 3. The lowest BCUT2D eigenvalue weighted by atomic mass is 10.0. The highest BCUT2D eigenvalue weighted by molar-refractivity contribution is 6.31. The van der Waals surface area contributed by atoms with Crippen molar-refractivity contribution in [2.75, 3.05) is 5.32 Å². The quantitative estimate of drug-likeness (QED) is 0.450.